The standard InChI is InChI=1S/C17H20O2/c1-3-17(18)15-8-10-16(11-9-15)19-12-14-6-4-13(2)5-7-14/h4-11,17-18H,3,12H2,1-2H3/t17-/m1/s1. The first-order valence-electron chi connectivity index (χ1n) is 6.65. The van der Waals surface area contributed by atoms with Gasteiger partial charge in [0.05, 0.1) is 6.10 Å². The average Bonchev–Trinajstić information content (AvgIpc) is 2.46. The number of aliphatic hydroxyl groups is 1. The third kappa shape index (κ3) is 3.83. The van der Waals surface area contributed by atoms with E-state index in [1.54, 1.807) is 0 Å². The fourth-order valence-electron chi connectivity index (χ4n) is 1.87. The maximum absolute atomic E-state index is 9.71. The van der Waals surface area contributed by atoms with Crippen LogP contribution in [0, 0.1) is 6.92 Å². The summed E-state index contributed by atoms with van der Waals surface area (Å²) in [5, 5.41) is 9.71. The molecule has 19 heavy (non-hydrogen) atoms. The summed E-state index contributed by atoms with van der Waals surface area (Å²) in [6.07, 6.45) is 0.343. The highest BCUT2D eigenvalue weighted by Crippen LogP contribution is 2.20. The molecule has 0 spiro atoms. The highest BCUT2D eigenvalue weighted by Gasteiger charge is 2.04. The Kier molecular flexibility index (Phi) is 4.58. The number of hydrogen-bond acceptors (Lipinski definition) is 2. The maximum atomic E-state index is 9.71. The Morgan fingerprint density at radius 3 is 2.21 bits per heavy atom. The lowest BCUT2D eigenvalue weighted by atomic mass is 10.1. The van der Waals surface area contributed by atoms with Crippen LogP contribution in [-0.4, -0.2) is 5.11 Å². The van der Waals surface area contributed by atoms with Crippen molar-refractivity contribution in [2.75, 3.05) is 0 Å². The molecule has 100 valence electrons. The number of aliphatic hydroxyl groups excluding tert-OH is 1. The van der Waals surface area contributed by atoms with Crippen LogP contribution >= 0.6 is 0 Å². The molecule has 0 bridgehead atoms. The van der Waals surface area contributed by atoms with Gasteiger partial charge in [0.2, 0.25) is 0 Å². The molecule has 2 rings (SSSR count). The van der Waals surface area contributed by atoms with Gasteiger partial charge >= 0.3 is 0 Å². The summed E-state index contributed by atoms with van der Waals surface area (Å²) >= 11 is 0. The second-order valence-electron chi connectivity index (χ2n) is 4.77. The van der Waals surface area contributed by atoms with Crippen molar-refractivity contribution < 1.29 is 9.84 Å². The van der Waals surface area contributed by atoms with Gasteiger partial charge < -0.3 is 9.84 Å². The molecule has 0 saturated carbocycles. The lowest BCUT2D eigenvalue weighted by Gasteiger charge is -2.10. The molecule has 0 unspecified atom stereocenters. The second kappa shape index (κ2) is 6.39. The van der Waals surface area contributed by atoms with E-state index in [1.165, 1.54) is 5.56 Å². The van der Waals surface area contributed by atoms with Crippen molar-refractivity contribution in [2.24, 2.45) is 0 Å². The van der Waals surface area contributed by atoms with E-state index in [9.17, 15) is 5.11 Å². The van der Waals surface area contributed by atoms with Crippen molar-refractivity contribution in [1.29, 1.82) is 0 Å². The van der Waals surface area contributed by atoms with Crippen LogP contribution in [0.5, 0.6) is 5.75 Å². The van der Waals surface area contributed by atoms with E-state index in [0.717, 1.165) is 23.3 Å². The van der Waals surface area contributed by atoms with E-state index in [4.69, 9.17) is 4.74 Å². The van der Waals surface area contributed by atoms with Crippen LogP contribution in [0.15, 0.2) is 48.5 Å². The number of hydrogen-bond donors (Lipinski definition) is 1. The van der Waals surface area contributed by atoms with Gasteiger partial charge in [-0.25, -0.2) is 0 Å². The molecule has 0 saturated heterocycles. The quantitative estimate of drug-likeness (QED) is 0.875. The highest BCUT2D eigenvalue weighted by atomic mass is 16.5. The van der Waals surface area contributed by atoms with Crippen LogP contribution in [0.4, 0.5) is 0 Å². The second-order valence-corrected chi connectivity index (χ2v) is 4.77. The molecule has 0 fully saturated rings. The van der Waals surface area contributed by atoms with Crippen LogP contribution < -0.4 is 4.74 Å². The molecule has 1 N–H and O–H groups in total. The van der Waals surface area contributed by atoms with Gasteiger partial charge in [0.1, 0.15) is 12.4 Å². The fourth-order valence-corrected chi connectivity index (χ4v) is 1.87. The molecular weight excluding hydrogens is 236 g/mol. The van der Waals surface area contributed by atoms with Gasteiger partial charge in [0, 0.05) is 0 Å². The molecule has 0 heterocycles. The SMILES string of the molecule is CC[C@@H](O)c1ccc(OCc2ccc(C)cc2)cc1. The van der Waals surface area contributed by atoms with Gasteiger partial charge in [-0.05, 0) is 36.6 Å². The Bertz CT molecular complexity index is 500. The summed E-state index contributed by atoms with van der Waals surface area (Å²) in [5.74, 6) is 0.827. The zero-order valence-corrected chi connectivity index (χ0v) is 11.5. The Labute approximate surface area is 114 Å². The number of rotatable bonds is 5. The van der Waals surface area contributed by atoms with Gasteiger partial charge in [0.15, 0.2) is 0 Å². The third-order valence-electron chi connectivity index (χ3n) is 3.18. The minimum absolute atomic E-state index is 0.383. The van der Waals surface area contributed by atoms with Crippen LogP contribution in [0.1, 0.15) is 36.1 Å². The molecule has 2 heteroatoms. The lowest BCUT2D eigenvalue weighted by Crippen LogP contribution is -1.97. The van der Waals surface area contributed by atoms with E-state index >= 15 is 0 Å². The smallest absolute Gasteiger partial charge is 0.119 e. The van der Waals surface area contributed by atoms with Gasteiger partial charge in [-0.1, -0.05) is 48.9 Å². The molecule has 0 amide bonds. The van der Waals surface area contributed by atoms with Crippen molar-refractivity contribution in [2.45, 2.75) is 33.0 Å². The maximum Gasteiger partial charge on any atom is 0.119 e. The number of benzene rings is 2. The van der Waals surface area contributed by atoms with Gasteiger partial charge in [-0.15, -0.1) is 0 Å². The minimum Gasteiger partial charge on any atom is -0.489 e. The number of ether oxygens (including phenoxy) is 1. The Balaban J connectivity index is 1.94. The zero-order chi connectivity index (χ0) is 13.7. The van der Waals surface area contributed by atoms with Gasteiger partial charge in [-0.2, -0.15) is 0 Å². The molecule has 1 atom stereocenters. The van der Waals surface area contributed by atoms with Gasteiger partial charge in [0.25, 0.3) is 0 Å². The summed E-state index contributed by atoms with van der Waals surface area (Å²) in [4.78, 5) is 0. The highest BCUT2D eigenvalue weighted by molar-refractivity contribution is 5.29. The topological polar surface area (TPSA) is 29.5 Å². The molecule has 0 aromatic heterocycles. The molecule has 0 radical (unpaired) electrons. The van der Waals surface area contributed by atoms with Crippen LogP contribution in [0.25, 0.3) is 0 Å². The first-order chi connectivity index (χ1) is 9.19. The summed E-state index contributed by atoms with van der Waals surface area (Å²) in [5.41, 5.74) is 3.34. The molecule has 0 aliphatic carbocycles. The number of aryl methyl sites for hydroxylation is 1. The van der Waals surface area contributed by atoms with Crippen molar-refractivity contribution >= 4 is 0 Å². The van der Waals surface area contributed by atoms with Crippen LogP contribution in [-0.2, 0) is 6.61 Å². The van der Waals surface area contributed by atoms with Crippen molar-refractivity contribution in [3.63, 3.8) is 0 Å². The third-order valence-corrected chi connectivity index (χ3v) is 3.18. The van der Waals surface area contributed by atoms with Gasteiger partial charge in [-0.3, -0.25) is 0 Å². The van der Waals surface area contributed by atoms with Crippen molar-refractivity contribution in [3.05, 3.63) is 65.2 Å². The monoisotopic (exact) mass is 256 g/mol. The lowest BCUT2D eigenvalue weighted by molar-refractivity contribution is 0.173. The molecule has 2 nitrogen and oxygen atoms in total. The molecule has 0 aliphatic heterocycles. The van der Waals surface area contributed by atoms with Crippen LogP contribution in [0.2, 0.25) is 0 Å². The minimum atomic E-state index is -0.383. The summed E-state index contributed by atoms with van der Waals surface area (Å²) in [7, 11) is 0. The molecular formula is C17H20O2. The Morgan fingerprint density at radius 1 is 1.00 bits per heavy atom. The largest absolute Gasteiger partial charge is 0.489 e. The molecule has 0 aliphatic rings. The van der Waals surface area contributed by atoms with Crippen molar-refractivity contribution in [3.8, 4) is 5.75 Å². The predicted molar refractivity (Wildman–Crippen MR) is 77.2 cm³/mol. The Morgan fingerprint density at radius 2 is 1.63 bits per heavy atom. The normalized spacial score (nSPS) is 12.2. The van der Waals surface area contributed by atoms with E-state index in [-0.39, 0.29) is 6.10 Å². The zero-order valence-electron chi connectivity index (χ0n) is 11.5. The molecule has 2 aromatic rings. The Hall–Kier alpha value is -1.80. The summed E-state index contributed by atoms with van der Waals surface area (Å²) in [6.45, 7) is 4.60. The van der Waals surface area contributed by atoms with E-state index in [2.05, 4.69) is 31.2 Å². The fraction of sp³-hybridized carbons (Fsp3) is 0.294. The summed E-state index contributed by atoms with van der Waals surface area (Å²) < 4.78 is 5.72. The first kappa shape index (κ1) is 13.6. The van der Waals surface area contributed by atoms with Crippen molar-refractivity contribution in [1.82, 2.24) is 0 Å². The van der Waals surface area contributed by atoms with E-state index in [0.29, 0.717) is 6.61 Å². The summed E-state index contributed by atoms with van der Waals surface area (Å²) in [6, 6.07) is 16.0. The van der Waals surface area contributed by atoms with E-state index < -0.39 is 0 Å². The first-order valence-corrected chi connectivity index (χ1v) is 6.65. The predicted octanol–water partition coefficient (Wildman–Crippen LogP) is 4.02. The van der Waals surface area contributed by atoms with E-state index in [1.807, 2.05) is 31.2 Å². The average molecular weight is 256 g/mol. The molecule has 2 aromatic carbocycles. The van der Waals surface area contributed by atoms with Crippen LogP contribution in [0.3, 0.4) is 0 Å².